The molecule has 0 N–H and O–H groups in total. The maximum Gasteiger partial charge on any atom is 0.183 e. The first-order valence-corrected chi connectivity index (χ1v) is 8.99. The summed E-state index contributed by atoms with van der Waals surface area (Å²) in [5.41, 5.74) is 2.72. The van der Waals surface area contributed by atoms with Gasteiger partial charge in [0.2, 0.25) is 0 Å². The molecular weight excluding hydrogens is 272 g/mol. The minimum absolute atomic E-state index is 0.181. The quantitative estimate of drug-likeness (QED) is 0.577. The summed E-state index contributed by atoms with van der Waals surface area (Å²) in [4.78, 5) is 0. The molecule has 1 heterocycles. The van der Waals surface area contributed by atoms with Crippen molar-refractivity contribution in [2.45, 2.75) is 72.0 Å². The van der Waals surface area contributed by atoms with Crippen molar-refractivity contribution in [1.29, 1.82) is 0 Å². The van der Waals surface area contributed by atoms with Gasteiger partial charge in [0.05, 0.1) is 13.2 Å². The second kappa shape index (κ2) is 8.69. The summed E-state index contributed by atoms with van der Waals surface area (Å²) in [7, 11) is 0. The molecule has 1 aromatic carbocycles. The highest BCUT2D eigenvalue weighted by Gasteiger charge is 2.32. The summed E-state index contributed by atoms with van der Waals surface area (Å²) in [5.74, 6) is 0. The van der Waals surface area contributed by atoms with Gasteiger partial charge in [0.15, 0.2) is 6.29 Å². The second-order valence-electron chi connectivity index (χ2n) is 7.07. The van der Waals surface area contributed by atoms with Crippen LogP contribution in [0.5, 0.6) is 0 Å². The maximum atomic E-state index is 6.01. The molecule has 0 unspecified atom stereocenters. The van der Waals surface area contributed by atoms with Crippen molar-refractivity contribution in [3.8, 4) is 0 Å². The number of unbranched alkanes of at least 4 members (excludes halogenated alkanes) is 3. The van der Waals surface area contributed by atoms with Crippen molar-refractivity contribution in [2.24, 2.45) is 5.41 Å². The summed E-state index contributed by atoms with van der Waals surface area (Å²) < 4.78 is 12.0. The number of hydrogen-bond donors (Lipinski definition) is 0. The molecular formula is C20H32O2. The largest absolute Gasteiger partial charge is 0.348 e. The average molecular weight is 304 g/mol. The van der Waals surface area contributed by atoms with E-state index in [1.165, 1.54) is 44.1 Å². The van der Waals surface area contributed by atoms with E-state index in [0.29, 0.717) is 0 Å². The Morgan fingerprint density at radius 2 is 1.64 bits per heavy atom. The lowest BCUT2D eigenvalue weighted by Crippen LogP contribution is -2.36. The lowest BCUT2D eigenvalue weighted by atomic mass is 9.85. The van der Waals surface area contributed by atoms with Crippen LogP contribution in [0.4, 0.5) is 0 Å². The minimum Gasteiger partial charge on any atom is -0.348 e. The number of hydrogen-bond acceptors (Lipinski definition) is 2. The van der Waals surface area contributed by atoms with E-state index in [1.54, 1.807) is 0 Å². The van der Waals surface area contributed by atoms with Crippen molar-refractivity contribution in [1.82, 2.24) is 0 Å². The van der Waals surface area contributed by atoms with Crippen LogP contribution in [0.25, 0.3) is 0 Å². The molecule has 0 amide bonds. The van der Waals surface area contributed by atoms with Gasteiger partial charge in [-0.2, -0.15) is 0 Å². The Labute approximate surface area is 136 Å². The zero-order valence-electron chi connectivity index (χ0n) is 14.6. The van der Waals surface area contributed by atoms with Crippen LogP contribution in [-0.4, -0.2) is 13.2 Å². The summed E-state index contributed by atoms with van der Waals surface area (Å²) in [5, 5.41) is 0. The number of aryl methyl sites for hydroxylation is 1. The van der Waals surface area contributed by atoms with Gasteiger partial charge in [-0.05, 0) is 18.4 Å². The zero-order valence-corrected chi connectivity index (χ0v) is 14.6. The van der Waals surface area contributed by atoms with Crippen LogP contribution in [-0.2, 0) is 15.9 Å². The van der Waals surface area contributed by atoms with Gasteiger partial charge in [-0.15, -0.1) is 0 Å². The van der Waals surface area contributed by atoms with E-state index in [1.807, 2.05) is 0 Å². The molecule has 1 aliphatic rings. The monoisotopic (exact) mass is 304 g/mol. The fourth-order valence-electron chi connectivity index (χ4n) is 3.09. The van der Waals surface area contributed by atoms with Crippen LogP contribution >= 0.6 is 0 Å². The Kier molecular flexibility index (Phi) is 6.91. The van der Waals surface area contributed by atoms with E-state index in [2.05, 4.69) is 45.0 Å². The Hall–Kier alpha value is -0.860. The van der Waals surface area contributed by atoms with E-state index in [0.717, 1.165) is 25.2 Å². The molecule has 2 rings (SSSR count). The molecule has 1 aliphatic heterocycles. The molecule has 0 atom stereocenters. The van der Waals surface area contributed by atoms with Gasteiger partial charge in [0.25, 0.3) is 0 Å². The SMILES string of the molecule is CCCCCCC1(C)COC(c2ccc(CCC)cc2)OC1. The van der Waals surface area contributed by atoms with Crippen LogP contribution in [0.15, 0.2) is 24.3 Å². The number of benzene rings is 1. The first-order chi connectivity index (χ1) is 10.7. The Balaban J connectivity index is 1.80. The zero-order chi connectivity index (χ0) is 15.8. The van der Waals surface area contributed by atoms with Gasteiger partial charge in [-0.3, -0.25) is 0 Å². The van der Waals surface area contributed by atoms with Crippen LogP contribution in [0.2, 0.25) is 0 Å². The highest BCUT2D eigenvalue weighted by atomic mass is 16.7. The molecule has 0 aromatic heterocycles. The third-order valence-electron chi connectivity index (χ3n) is 4.59. The van der Waals surface area contributed by atoms with Crippen molar-refractivity contribution in [3.05, 3.63) is 35.4 Å². The smallest absolute Gasteiger partial charge is 0.183 e. The fourth-order valence-corrected chi connectivity index (χ4v) is 3.09. The topological polar surface area (TPSA) is 18.5 Å². The molecule has 0 spiro atoms. The lowest BCUT2D eigenvalue weighted by Gasteiger charge is -2.37. The molecule has 2 heteroatoms. The Morgan fingerprint density at radius 3 is 2.23 bits per heavy atom. The molecule has 0 aliphatic carbocycles. The first kappa shape index (κ1) is 17.5. The fraction of sp³-hybridized carbons (Fsp3) is 0.700. The van der Waals surface area contributed by atoms with Gasteiger partial charge in [0.1, 0.15) is 0 Å². The van der Waals surface area contributed by atoms with Crippen LogP contribution in [0.3, 0.4) is 0 Å². The van der Waals surface area contributed by atoms with E-state index in [4.69, 9.17) is 9.47 Å². The minimum atomic E-state index is -0.181. The van der Waals surface area contributed by atoms with E-state index >= 15 is 0 Å². The van der Waals surface area contributed by atoms with Crippen LogP contribution in [0, 0.1) is 5.41 Å². The second-order valence-corrected chi connectivity index (χ2v) is 7.07. The van der Waals surface area contributed by atoms with Crippen molar-refractivity contribution in [3.63, 3.8) is 0 Å². The van der Waals surface area contributed by atoms with Crippen molar-refractivity contribution < 1.29 is 9.47 Å². The molecule has 2 nitrogen and oxygen atoms in total. The predicted molar refractivity (Wildman–Crippen MR) is 91.9 cm³/mol. The summed E-state index contributed by atoms with van der Waals surface area (Å²) in [6.45, 7) is 8.37. The van der Waals surface area contributed by atoms with Gasteiger partial charge < -0.3 is 9.47 Å². The third kappa shape index (κ3) is 5.10. The Bertz CT molecular complexity index is 416. The van der Waals surface area contributed by atoms with Gasteiger partial charge in [-0.25, -0.2) is 0 Å². The molecule has 1 saturated heterocycles. The number of rotatable bonds is 8. The molecule has 22 heavy (non-hydrogen) atoms. The predicted octanol–water partition coefficient (Wildman–Crippen LogP) is 5.66. The van der Waals surface area contributed by atoms with Crippen molar-refractivity contribution >= 4 is 0 Å². The first-order valence-electron chi connectivity index (χ1n) is 8.99. The maximum absolute atomic E-state index is 6.01. The Morgan fingerprint density at radius 1 is 0.955 bits per heavy atom. The van der Waals surface area contributed by atoms with E-state index < -0.39 is 0 Å². The summed E-state index contributed by atoms with van der Waals surface area (Å²) in [6, 6.07) is 8.70. The van der Waals surface area contributed by atoms with E-state index in [-0.39, 0.29) is 11.7 Å². The van der Waals surface area contributed by atoms with E-state index in [9.17, 15) is 0 Å². The van der Waals surface area contributed by atoms with Gasteiger partial charge in [-0.1, -0.05) is 77.1 Å². The third-order valence-corrected chi connectivity index (χ3v) is 4.59. The number of ether oxygens (including phenoxy) is 2. The summed E-state index contributed by atoms with van der Waals surface area (Å²) >= 11 is 0. The normalized spacial score (nSPS) is 25.3. The summed E-state index contributed by atoms with van der Waals surface area (Å²) in [6.07, 6.45) is 8.59. The van der Waals surface area contributed by atoms with Crippen LogP contribution in [0.1, 0.15) is 76.7 Å². The molecule has 0 saturated carbocycles. The van der Waals surface area contributed by atoms with Crippen LogP contribution < -0.4 is 0 Å². The van der Waals surface area contributed by atoms with Crippen molar-refractivity contribution in [2.75, 3.05) is 13.2 Å². The van der Waals surface area contributed by atoms with Gasteiger partial charge >= 0.3 is 0 Å². The standard InChI is InChI=1S/C20H32O2/c1-4-6-7-8-14-20(3)15-21-19(22-16-20)18-12-10-17(9-5-2)11-13-18/h10-13,19H,4-9,14-16H2,1-3H3. The lowest BCUT2D eigenvalue weighted by molar-refractivity contribution is -0.232. The molecule has 0 bridgehead atoms. The van der Waals surface area contributed by atoms with Gasteiger partial charge in [0, 0.05) is 11.0 Å². The molecule has 124 valence electrons. The molecule has 0 radical (unpaired) electrons. The highest BCUT2D eigenvalue weighted by Crippen LogP contribution is 2.35. The highest BCUT2D eigenvalue weighted by molar-refractivity contribution is 5.23. The molecule has 1 fully saturated rings. The average Bonchev–Trinajstić information content (AvgIpc) is 2.54. The molecule has 1 aromatic rings.